The van der Waals surface area contributed by atoms with E-state index in [1.807, 2.05) is 24.3 Å². The van der Waals surface area contributed by atoms with Gasteiger partial charge in [0.2, 0.25) is 5.91 Å². The first-order valence-electron chi connectivity index (χ1n) is 10.1. The smallest absolute Gasteiger partial charge is 0.225 e. The van der Waals surface area contributed by atoms with E-state index in [9.17, 15) is 10.1 Å². The number of carbonyl (C=O) groups excluding carboxylic acids is 1. The van der Waals surface area contributed by atoms with Gasteiger partial charge in [-0.15, -0.1) is 0 Å². The molecule has 0 aliphatic carbocycles. The Morgan fingerprint density at radius 1 is 1.25 bits per heavy atom. The number of fused-ring (bicyclic) bond motifs is 1. The minimum absolute atomic E-state index is 0.0120. The highest BCUT2D eigenvalue weighted by molar-refractivity contribution is 5.95. The minimum Gasteiger partial charge on any atom is -0.370 e. The maximum atomic E-state index is 12.9. The summed E-state index contributed by atoms with van der Waals surface area (Å²) < 4.78 is 0. The third-order valence-corrected chi connectivity index (χ3v) is 6.22. The van der Waals surface area contributed by atoms with Crippen molar-refractivity contribution >= 4 is 22.5 Å². The third kappa shape index (κ3) is 3.55. The second-order valence-electron chi connectivity index (χ2n) is 8.22. The lowest BCUT2D eigenvalue weighted by atomic mass is 9.96. The van der Waals surface area contributed by atoms with Gasteiger partial charge >= 0.3 is 0 Å². The molecule has 4 rings (SSSR count). The first-order chi connectivity index (χ1) is 13.6. The third-order valence-electron chi connectivity index (χ3n) is 6.22. The number of rotatable bonds is 3. The molecular formula is C22H27N5O. The molecule has 1 aromatic heterocycles. The number of aromatic nitrogens is 1. The highest BCUT2D eigenvalue weighted by Crippen LogP contribution is 2.34. The van der Waals surface area contributed by atoms with Crippen molar-refractivity contribution in [2.75, 3.05) is 38.1 Å². The monoisotopic (exact) mass is 377 g/mol. The number of carbonyl (C=O) groups is 1. The summed E-state index contributed by atoms with van der Waals surface area (Å²) in [6, 6.07) is 10.3. The van der Waals surface area contributed by atoms with E-state index < -0.39 is 0 Å². The molecule has 2 atom stereocenters. The van der Waals surface area contributed by atoms with Crippen molar-refractivity contribution in [2.45, 2.75) is 25.8 Å². The lowest BCUT2D eigenvalue weighted by molar-refractivity contribution is -0.126. The maximum absolute atomic E-state index is 12.9. The Morgan fingerprint density at radius 2 is 2.04 bits per heavy atom. The quantitative estimate of drug-likeness (QED) is 0.889. The molecular weight excluding hydrogens is 350 g/mol. The van der Waals surface area contributed by atoms with Gasteiger partial charge in [-0.3, -0.25) is 9.78 Å². The molecule has 3 heterocycles. The van der Waals surface area contributed by atoms with Crippen molar-refractivity contribution in [1.29, 1.82) is 5.26 Å². The Bertz CT molecular complexity index is 913. The highest BCUT2D eigenvalue weighted by Gasteiger charge is 2.36. The zero-order valence-corrected chi connectivity index (χ0v) is 16.6. The first-order valence-corrected chi connectivity index (χ1v) is 10.1. The van der Waals surface area contributed by atoms with Crippen LogP contribution in [-0.4, -0.2) is 55.1 Å². The van der Waals surface area contributed by atoms with Gasteiger partial charge in [0.25, 0.3) is 0 Å². The highest BCUT2D eigenvalue weighted by atomic mass is 16.2. The number of nitrogens with one attached hydrogen (secondary N) is 1. The van der Waals surface area contributed by atoms with Crippen molar-refractivity contribution < 1.29 is 4.79 Å². The van der Waals surface area contributed by atoms with Crippen LogP contribution in [0.2, 0.25) is 0 Å². The van der Waals surface area contributed by atoms with Crippen LogP contribution in [0.15, 0.2) is 30.5 Å². The topological polar surface area (TPSA) is 72.3 Å². The maximum Gasteiger partial charge on any atom is 0.225 e. The number of pyridine rings is 1. The van der Waals surface area contributed by atoms with Gasteiger partial charge in [0.1, 0.15) is 6.07 Å². The molecule has 1 amide bonds. The SMILES string of the molecule is C[C@H]1CN(c2ccc(C#N)c3ncccc23)CC1C(=O)NC1CCN(C)CC1. The van der Waals surface area contributed by atoms with Crippen LogP contribution in [0.1, 0.15) is 25.3 Å². The summed E-state index contributed by atoms with van der Waals surface area (Å²) in [5.74, 6) is 0.455. The fraction of sp³-hybridized carbons (Fsp3) is 0.500. The average molecular weight is 377 g/mol. The molecule has 2 aliphatic rings. The fourth-order valence-corrected chi connectivity index (χ4v) is 4.49. The Balaban J connectivity index is 1.51. The van der Waals surface area contributed by atoms with Crippen LogP contribution in [0.3, 0.4) is 0 Å². The van der Waals surface area contributed by atoms with Crippen LogP contribution in [0.4, 0.5) is 5.69 Å². The van der Waals surface area contributed by atoms with Crippen LogP contribution in [0.5, 0.6) is 0 Å². The number of hydrogen-bond acceptors (Lipinski definition) is 5. The Kier molecular flexibility index (Phi) is 5.19. The molecule has 0 radical (unpaired) electrons. The van der Waals surface area contributed by atoms with Gasteiger partial charge in [-0.25, -0.2) is 0 Å². The molecule has 1 aromatic carbocycles. The molecule has 2 aliphatic heterocycles. The van der Waals surface area contributed by atoms with Crippen molar-refractivity contribution in [1.82, 2.24) is 15.2 Å². The second-order valence-corrected chi connectivity index (χ2v) is 8.22. The molecule has 0 saturated carbocycles. The van der Waals surface area contributed by atoms with E-state index in [0.29, 0.717) is 18.2 Å². The molecule has 1 unspecified atom stereocenters. The number of piperidine rings is 1. The van der Waals surface area contributed by atoms with Gasteiger partial charge in [0.05, 0.1) is 17.0 Å². The Labute approximate surface area is 166 Å². The number of likely N-dealkylation sites (tertiary alicyclic amines) is 1. The zero-order chi connectivity index (χ0) is 19.7. The summed E-state index contributed by atoms with van der Waals surface area (Å²) in [5.41, 5.74) is 2.38. The Morgan fingerprint density at radius 3 is 2.79 bits per heavy atom. The van der Waals surface area contributed by atoms with Crippen LogP contribution in [0.25, 0.3) is 10.9 Å². The van der Waals surface area contributed by atoms with Gasteiger partial charge in [-0.1, -0.05) is 6.92 Å². The van der Waals surface area contributed by atoms with E-state index in [2.05, 4.69) is 40.1 Å². The van der Waals surface area contributed by atoms with E-state index in [1.165, 1.54) is 0 Å². The van der Waals surface area contributed by atoms with Crippen LogP contribution in [-0.2, 0) is 4.79 Å². The van der Waals surface area contributed by atoms with Crippen LogP contribution in [0, 0.1) is 23.2 Å². The van der Waals surface area contributed by atoms with Crippen molar-refractivity contribution in [3.8, 4) is 6.07 Å². The molecule has 146 valence electrons. The normalized spacial score (nSPS) is 23.7. The second kappa shape index (κ2) is 7.76. The summed E-state index contributed by atoms with van der Waals surface area (Å²) in [6.07, 6.45) is 3.77. The number of hydrogen-bond donors (Lipinski definition) is 1. The lowest BCUT2D eigenvalue weighted by Crippen LogP contribution is -2.46. The summed E-state index contributed by atoms with van der Waals surface area (Å²) in [5, 5.41) is 13.6. The number of nitriles is 1. The molecule has 0 bridgehead atoms. The van der Waals surface area contributed by atoms with Crippen molar-refractivity contribution in [3.05, 3.63) is 36.0 Å². The summed E-state index contributed by atoms with van der Waals surface area (Å²) in [7, 11) is 2.13. The van der Waals surface area contributed by atoms with Gasteiger partial charge < -0.3 is 15.1 Å². The van der Waals surface area contributed by atoms with Gasteiger partial charge in [0.15, 0.2) is 0 Å². The van der Waals surface area contributed by atoms with E-state index in [1.54, 1.807) is 6.20 Å². The van der Waals surface area contributed by atoms with E-state index in [-0.39, 0.29) is 17.7 Å². The minimum atomic E-state index is -0.0120. The number of amides is 1. The molecule has 2 saturated heterocycles. The molecule has 28 heavy (non-hydrogen) atoms. The predicted molar refractivity (Wildman–Crippen MR) is 110 cm³/mol. The van der Waals surface area contributed by atoms with Crippen LogP contribution < -0.4 is 10.2 Å². The van der Waals surface area contributed by atoms with Gasteiger partial charge in [-0.2, -0.15) is 5.26 Å². The predicted octanol–water partition coefficient (Wildman–Crippen LogP) is 2.39. The summed E-state index contributed by atoms with van der Waals surface area (Å²) in [4.78, 5) is 21.9. The molecule has 6 nitrogen and oxygen atoms in total. The van der Waals surface area contributed by atoms with Gasteiger partial charge in [-0.05, 0) is 63.2 Å². The fourth-order valence-electron chi connectivity index (χ4n) is 4.49. The van der Waals surface area contributed by atoms with Crippen molar-refractivity contribution in [3.63, 3.8) is 0 Å². The Hall–Kier alpha value is -2.65. The molecule has 2 fully saturated rings. The van der Waals surface area contributed by atoms with Crippen LogP contribution >= 0.6 is 0 Å². The lowest BCUT2D eigenvalue weighted by Gasteiger charge is -2.30. The number of nitrogens with zero attached hydrogens (tertiary/aromatic N) is 4. The van der Waals surface area contributed by atoms with E-state index in [0.717, 1.165) is 49.1 Å². The average Bonchev–Trinajstić information content (AvgIpc) is 3.10. The zero-order valence-electron chi connectivity index (χ0n) is 16.6. The molecule has 6 heteroatoms. The molecule has 0 spiro atoms. The standard InChI is InChI=1S/C22H27N5O/c1-15-13-27(14-19(15)22(28)25-17-7-10-26(2)11-8-17)20-6-5-16(12-23)21-18(20)4-3-9-24-21/h3-6,9,15,17,19H,7-8,10-11,13-14H2,1-2H3,(H,25,28)/t15-,19?/m0/s1. The largest absolute Gasteiger partial charge is 0.370 e. The number of anilines is 1. The summed E-state index contributed by atoms with van der Waals surface area (Å²) in [6.45, 7) is 5.78. The van der Waals surface area contributed by atoms with E-state index in [4.69, 9.17) is 0 Å². The van der Waals surface area contributed by atoms with Crippen molar-refractivity contribution in [2.24, 2.45) is 11.8 Å². The van der Waals surface area contributed by atoms with Gasteiger partial charge in [0, 0.05) is 36.4 Å². The molecule has 1 N–H and O–H groups in total. The van der Waals surface area contributed by atoms with E-state index >= 15 is 0 Å². The number of benzene rings is 1. The first kappa shape index (κ1) is 18.7. The summed E-state index contributed by atoms with van der Waals surface area (Å²) >= 11 is 0. The molecule has 2 aromatic rings.